The fourth-order valence-corrected chi connectivity index (χ4v) is 3.00. The molecular formula is C12H15N5O4S2. The number of aromatic nitrogens is 3. The van der Waals surface area contributed by atoms with Crippen molar-refractivity contribution < 1.29 is 18.8 Å². The van der Waals surface area contributed by atoms with Gasteiger partial charge in [-0.2, -0.15) is 0 Å². The maximum Gasteiger partial charge on any atom is 0.279 e. The summed E-state index contributed by atoms with van der Waals surface area (Å²) in [5, 5.41) is 17.0. The number of hydrogen-bond acceptors (Lipinski definition) is 9. The summed E-state index contributed by atoms with van der Waals surface area (Å²) in [6, 6.07) is 1.52. The lowest BCUT2D eigenvalue weighted by atomic mass is 10.4. The Bertz CT molecular complexity index is 672. The van der Waals surface area contributed by atoms with Gasteiger partial charge in [-0.1, -0.05) is 28.3 Å². The van der Waals surface area contributed by atoms with E-state index in [1.54, 1.807) is 14.0 Å². The Labute approximate surface area is 140 Å². The largest absolute Gasteiger partial charge is 0.383 e. The zero-order chi connectivity index (χ0) is 16.7. The molecule has 0 aliphatic heterocycles. The fraction of sp³-hybridized carbons (Fsp3) is 0.417. The molecule has 0 bridgehead atoms. The molecule has 0 atom stereocenters. The molecule has 124 valence electrons. The fourth-order valence-electron chi connectivity index (χ4n) is 1.42. The number of rotatable bonds is 8. The lowest BCUT2D eigenvalue weighted by Crippen LogP contribution is -2.28. The van der Waals surface area contributed by atoms with E-state index < -0.39 is 5.91 Å². The van der Waals surface area contributed by atoms with Crippen molar-refractivity contribution in [3.63, 3.8) is 0 Å². The van der Waals surface area contributed by atoms with E-state index in [9.17, 15) is 9.59 Å². The molecule has 23 heavy (non-hydrogen) atoms. The summed E-state index contributed by atoms with van der Waals surface area (Å²) in [6.45, 7) is 2.62. The first-order valence-corrected chi connectivity index (χ1v) is 8.35. The number of ether oxygens (including phenoxy) is 1. The van der Waals surface area contributed by atoms with Gasteiger partial charge in [-0.05, 0) is 6.92 Å². The molecule has 0 saturated carbocycles. The Hall–Kier alpha value is -1.98. The molecule has 2 aromatic rings. The van der Waals surface area contributed by atoms with Gasteiger partial charge in [0, 0.05) is 19.7 Å². The number of thioether (sulfide) groups is 1. The second-order valence-electron chi connectivity index (χ2n) is 4.28. The minimum atomic E-state index is -0.424. The molecule has 0 aliphatic rings. The first-order chi connectivity index (χ1) is 11.1. The molecule has 0 aromatic carbocycles. The van der Waals surface area contributed by atoms with Crippen LogP contribution in [0.5, 0.6) is 0 Å². The maximum absolute atomic E-state index is 11.9. The number of methoxy groups -OCH3 is 1. The van der Waals surface area contributed by atoms with E-state index in [1.807, 2.05) is 0 Å². The molecule has 0 aliphatic carbocycles. The third-order valence-electron chi connectivity index (χ3n) is 2.44. The van der Waals surface area contributed by atoms with Crippen LogP contribution < -0.4 is 10.6 Å². The summed E-state index contributed by atoms with van der Waals surface area (Å²) in [5.41, 5.74) is 0.171. The Balaban J connectivity index is 1.79. The predicted molar refractivity (Wildman–Crippen MR) is 84.7 cm³/mol. The second-order valence-corrected chi connectivity index (χ2v) is 6.48. The molecule has 11 heteroatoms. The van der Waals surface area contributed by atoms with Gasteiger partial charge in [0.15, 0.2) is 10.0 Å². The van der Waals surface area contributed by atoms with Crippen LogP contribution in [0.15, 0.2) is 14.9 Å². The highest BCUT2D eigenvalue weighted by Crippen LogP contribution is 2.25. The van der Waals surface area contributed by atoms with Gasteiger partial charge in [0.2, 0.25) is 11.0 Å². The van der Waals surface area contributed by atoms with Crippen LogP contribution in [-0.4, -0.2) is 53.2 Å². The van der Waals surface area contributed by atoms with Crippen molar-refractivity contribution in [3.05, 3.63) is 17.5 Å². The quantitative estimate of drug-likeness (QED) is 0.407. The van der Waals surface area contributed by atoms with Crippen LogP contribution >= 0.6 is 23.1 Å². The third kappa shape index (κ3) is 5.62. The number of nitrogens with one attached hydrogen (secondary N) is 2. The minimum Gasteiger partial charge on any atom is -0.383 e. The van der Waals surface area contributed by atoms with Crippen molar-refractivity contribution in [2.24, 2.45) is 0 Å². The van der Waals surface area contributed by atoms with E-state index in [1.165, 1.54) is 29.2 Å². The van der Waals surface area contributed by atoms with Crippen molar-refractivity contribution in [1.29, 1.82) is 0 Å². The van der Waals surface area contributed by atoms with Crippen LogP contribution in [0, 0.1) is 6.92 Å². The van der Waals surface area contributed by atoms with E-state index in [4.69, 9.17) is 9.26 Å². The van der Waals surface area contributed by atoms with Crippen molar-refractivity contribution in [2.45, 2.75) is 11.3 Å². The molecule has 0 spiro atoms. The number of amides is 2. The summed E-state index contributed by atoms with van der Waals surface area (Å²) in [4.78, 5) is 23.4. The number of nitrogens with zero attached hydrogens (tertiary/aromatic N) is 3. The monoisotopic (exact) mass is 357 g/mol. The van der Waals surface area contributed by atoms with Gasteiger partial charge >= 0.3 is 0 Å². The standard InChI is InChI=1S/C12H15N5O4S2/c1-7-5-8(17-21-7)10(19)14-11-15-16-12(23-11)22-6-9(18)13-3-4-20-2/h5H,3-4,6H2,1-2H3,(H,13,18)(H,14,15,19). The lowest BCUT2D eigenvalue weighted by molar-refractivity contribution is -0.118. The average Bonchev–Trinajstić information content (AvgIpc) is 3.14. The van der Waals surface area contributed by atoms with E-state index in [-0.39, 0.29) is 17.4 Å². The summed E-state index contributed by atoms with van der Waals surface area (Å²) >= 11 is 2.42. The van der Waals surface area contributed by atoms with Crippen molar-refractivity contribution in [2.75, 3.05) is 31.3 Å². The van der Waals surface area contributed by atoms with E-state index in [0.717, 1.165) is 0 Å². The molecule has 0 fully saturated rings. The molecule has 9 nitrogen and oxygen atoms in total. The Kier molecular flexibility index (Phi) is 6.50. The molecule has 0 saturated heterocycles. The first kappa shape index (κ1) is 17.4. The molecule has 2 aromatic heterocycles. The number of hydrogen-bond donors (Lipinski definition) is 2. The average molecular weight is 357 g/mol. The van der Waals surface area contributed by atoms with Crippen LogP contribution in [0.3, 0.4) is 0 Å². The summed E-state index contributed by atoms with van der Waals surface area (Å²) < 4.78 is 10.3. The van der Waals surface area contributed by atoms with Gasteiger partial charge in [0.1, 0.15) is 5.76 Å². The third-order valence-corrected chi connectivity index (χ3v) is 4.41. The van der Waals surface area contributed by atoms with Crippen LogP contribution in [0.25, 0.3) is 0 Å². The minimum absolute atomic E-state index is 0.120. The number of carbonyl (C=O) groups excluding carboxylic acids is 2. The number of aryl methyl sites for hydroxylation is 1. The van der Waals surface area contributed by atoms with Crippen LogP contribution in [-0.2, 0) is 9.53 Å². The molecule has 0 radical (unpaired) electrons. The van der Waals surface area contributed by atoms with Gasteiger partial charge in [0.05, 0.1) is 12.4 Å². The van der Waals surface area contributed by atoms with Crippen molar-refractivity contribution in [3.8, 4) is 0 Å². The molecule has 2 N–H and O–H groups in total. The van der Waals surface area contributed by atoms with E-state index in [0.29, 0.717) is 28.4 Å². The second kappa shape index (κ2) is 8.60. The van der Waals surface area contributed by atoms with Gasteiger partial charge < -0.3 is 14.6 Å². The van der Waals surface area contributed by atoms with Gasteiger partial charge in [-0.15, -0.1) is 10.2 Å². The van der Waals surface area contributed by atoms with Crippen LogP contribution in [0.1, 0.15) is 16.2 Å². The highest BCUT2D eigenvalue weighted by atomic mass is 32.2. The lowest BCUT2D eigenvalue weighted by Gasteiger charge is -2.02. The zero-order valence-electron chi connectivity index (χ0n) is 12.5. The maximum atomic E-state index is 11.9. The Morgan fingerprint density at radius 3 is 2.96 bits per heavy atom. The van der Waals surface area contributed by atoms with E-state index >= 15 is 0 Å². The zero-order valence-corrected chi connectivity index (χ0v) is 14.1. The first-order valence-electron chi connectivity index (χ1n) is 6.55. The molecule has 2 heterocycles. The van der Waals surface area contributed by atoms with Crippen LogP contribution in [0.4, 0.5) is 5.13 Å². The summed E-state index contributed by atoms with van der Waals surface area (Å²) in [6.07, 6.45) is 0. The number of carbonyl (C=O) groups is 2. The molecule has 2 rings (SSSR count). The Morgan fingerprint density at radius 2 is 2.26 bits per heavy atom. The topological polar surface area (TPSA) is 119 Å². The highest BCUT2D eigenvalue weighted by molar-refractivity contribution is 8.01. The van der Waals surface area contributed by atoms with Gasteiger partial charge in [0.25, 0.3) is 5.91 Å². The molecular weight excluding hydrogens is 342 g/mol. The van der Waals surface area contributed by atoms with Crippen molar-refractivity contribution in [1.82, 2.24) is 20.7 Å². The molecule has 0 unspecified atom stereocenters. The molecule has 2 amide bonds. The van der Waals surface area contributed by atoms with Gasteiger partial charge in [-0.25, -0.2) is 0 Å². The van der Waals surface area contributed by atoms with E-state index in [2.05, 4.69) is 26.0 Å². The smallest absolute Gasteiger partial charge is 0.279 e. The summed E-state index contributed by atoms with van der Waals surface area (Å²) in [7, 11) is 1.57. The van der Waals surface area contributed by atoms with Gasteiger partial charge in [-0.3, -0.25) is 14.9 Å². The van der Waals surface area contributed by atoms with Crippen molar-refractivity contribution >= 4 is 40.0 Å². The highest BCUT2D eigenvalue weighted by Gasteiger charge is 2.14. The predicted octanol–water partition coefficient (Wildman–Crippen LogP) is 0.942. The number of anilines is 1. The SMILES string of the molecule is COCCNC(=O)CSc1nnc(NC(=O)c2cc(C)on2)s1. The Morgan fingerprint density at radius 1 is 1.43 bits per heavy atom. The normalized spacial score (nSPS) is 10.5. The summed E-state index contributed by atoms with van der Waals surface area (Å²) in [5.74, 6) is 0.218. The van der Waals surface area contributed by atoms with Crippen LogP contribution in [0.2, 0.25) is 0 Å².